The van der Waals surface area contributed by atoms with Crippen LogP contribution in [0.2, 0.25) is 0 Å². The Kier molecular flexibility index (Phi) is 17.8. The average Bonchev–Trinajstić information content (AvgIpc) is 2.49. The van der Waals surface area contributed by atoms with Gasteiger partial charge in [-0.2, -0.15) is 0 Å². The summed E-state index contributed by atoms with van der Waals surface area (Å²) in [5.41, 5.74) is 0. The summed E-state index contributed by atoms with van der Waals surface area (Å²) in [4.78, 5) is 32.8. The van der Waals surface area contributed by atoms with E-state index in [1.807, 2.05) is 0 Å². The van der Waals surface area contributed by atoms with Crippen molar-refractivity contribution < 1.29 is 44.1 Å². The third-order valence-corrected chi connectivity index (χ3v) is 3.76. The smallest absolute Gasteiger partial charge is 0.550 e. The molecule has 0 fully saturated rings. The number of carbonyl (C=O) groups excluding carboxylic acids is 3. The fourth-order valence-corrected chi connectivity index (χ4v) is 2.37. The molecule has 0 heterocycles. The van der Waals surface area contributed by atoms with E-state index >= 15 is 0 Å². The predicted molar refractivity (Wildman–Crippen MR) is 83.0 cm³/mol. The van der Waals surface area contributed by atoms with Crippen molar-refractivity contribution in [3.05, 3.63) is 0 Å². The molecule has 7 heteroatoms. The van der Waals surface area contributed by atoms with Gasteiger partial charge >= 0.3 is 19.5 Å². The zero-order chi connectivity index (χ0) is 17.5. The second-order valence-corrected chi connectivity index (χ2v) is 5.93. The molecule has 6 nitrogen and oxygen atoms in total. The molecule has 1 atom stereocenters. The Balaban J connectivity index is 0. The van der Waals surface area contributed by atoms with Crippen molar-refractivity contribution in [2.24, 2.45) is 0 Å². The molecule has 1 amide bonds. The molecule has 0 spiro atoms. The Bertz CT molecular complexity index is 363. The van der Waals surface area contributed by atoms with Crippen LogP contribution in [0.15, 0.2) is 0 Å². The van der Waals surface area contributed by atoms with E-state index < -0.39 is 24.4 Å². The second kappa shape index (κ2) is 16.9. The molecule has 0 aromatic heterocycles. The maximum absolute atomic E-state index is 11.6. The number of hydrogen-bond acceptors (Lipinski definition) is 5. The van der Waals surface area contributed by atoms with Crippen molar-refractivity contribution in [1.29, 1.82) is 0 Å². The Labute approximate surface area is 157 Å². The van der Waals surface area contributed by atoms with E-state index in [1.54, 1.807) is 0 Å². The number of nitrogens with one attached hydrogen (secondary N) is 1. The fourth-order valence-electron chi connectivity index (χ4n) is 2.37. The SMILES string of the molecule is CCCCCCCCCCCC(=O)N[C@@H](CCC(=O)[O-])C(=O)[O-].[Zn+2]. The molecule has 0 aromatic carbocycles. The molecule has 0 unspecified atom stereocenters. The maximum atomic E-state index is 11.6. The molecular weight excluding hydrogens is 364 g/mol. The standard InChI is InChI=1S/C17H31NO5.Zn/c1-2-3-4-5-6-7-8-9-10-11-15(19)18-14(17(22)23)12-13-16(20)21;/h14H,2-13H2,1H3,(H,18,19)(H,20,21)(H,22,23);/q;+2/p-2/t14-;/m0./s1. The summed E-state index contributed by atoms with van der Waals surface area (Å²) >= 11 is 0. The van der Waals surface area contributed by atoms with Crippen LogP contribution in [-0.2, 0) is 33.9 Å². The summed E-state index contributed by atoms with van der Waals surface area (Å²) in [7, 11) is 0. The topological polar surface area (TPSA) is 109 Å². The quantitative estimate of drug-likeness (QED) is 0.325. The van der Waals surface area contributed by atoms with Crippen LogP contribution in [0.4, 0.5) is 0 Å². The van der Waals surface area contributed by atoms with Gasteiger partial charge in [0, 0.05) is 12.4 Å². The number of unbranched alkanes of at least 4 members (excludes halogenated alkanes) is 8. The second-order valence-electron chi connectivity index (χ2n) is 5.93. The monoisotopic (exact) mass is 391 g/mol. The molecule has 0 aliphatic rings. The van der Waals surface area contributed by atoms with Crippen molar-refractivity contribution in [2.45, 2.75) is 90.0 Å². The molecule has 24 heavy (non-hydrogen) atoms. The molecule has 134 valence electrons. The molecular formula is C17H29NO5Zn. The van der Waals surface area contributed by atoms with Gasteiger partial charge in [-0.05, 0) is 19.3 Å². The van der Waals surface area contributed by atoms with Crippen LogP contribution in [-0.4, -0.2) is 23.9 Å². The summed E-state index contributed by atoms with van der Waals surface area (Å²) in [6.45, 7) is 2.19. The van der Waals surface area contributed by atoms with E-state index in [0.717, 1.165) is 12.8 Å². The number of amides is 1. The summed E-state index contributed by atoms with van der Waals surface area (Å²) in [5, 5.41) is 23.5. The zero-order valence-corrected chi connectivity index (χ0v) is 17.8. The first-order valence-corrected chi connectivity index (χ1v) is 8.67. The van der Waals surface area contributed by atoms with Crippen LogP contribution < -0.4 is 15.5 Å². The van der Waals surface area contributed by atoms with Crippen LogP contribution in [0, 0.1) is 0 Å². The van der Waals surface area contributed by atoms with Gasteiger partial charge in [-0.1, -0.05) is 58.3 Å². The third-order valence-electron chi connectivity index (χ3n) is 3.76. The normalized spacial score (nSPS) is 11.4. The number of carboxylic acid groups (broad SMARTS) is 2. The van der Waals surface area contributed by atoms with Crippen molar-refractivity contribution in [3.8, 4) is 0 Å². The molecule has 1 N–H and O–H groups in total. The van der Waals surface area contributed by atoms with E-state index in [4.69, 9.17) is 0 Å². The molecule has 0 bridgehead atoms. The minimum atomic E-state index is -1.47. The number of carboxylic acids is 2. The van der Waals surface area contributed by atoms with E-state index in [0.29, 0.717) is 6.42 Å². The van der Waals surface area contributed by atoms with Gasteiger partial charge in [0.15, 0.2) is 0 Å². The maximum Gasteiger partial charge on any atom is 2.00 e. The Hall–Kier alpha value is -0.967. The first kappa shape index (κ1) is 25.3. The number of hydrogen-bond donors (Lipinski definition) is 1. The number of carbonyl (C=O) groups is 3. The van der Waals surface area contributed by atoms with Crippen molar-refractivity contribution in [3.63, 3.8) is 0 Å². The van der Waals surface area contributed by atoms with Gasteiger partial charge in [-0.3, -0.25) is 4.79 Å². The van der Waals surface area contributed by atoms with E-state index in [2.05, 4.69) is 12.2 Å². The molecule has 0 saturated carbocycles. The van der Waals surface area contributed by atoms with Crippen LogP contribution in [0.1, 0.15) is 84.0 Å². The minimum absolute atomic E-state index is 0. The molecule has 0 saturated heterocycles. The number of rotatable bonds is 15. The van der Waals surface area contributed by atoms with Gasteiger partial charge in [-0.25, -0.2) is 0 Å². The molecule has 0 aliphatic heterocycles. The first-order valence-electron chi connectivity index (χ1n) is 8.67. The van der Waals surface area contributed by atoms with Gasteiger partial charge in [0.2, 0.25) is 5.91 Å². The van der Waals surface area contributed by atoms with Crippen LogP contribution in [0.5, 0.6) is 0 Å². The minimum Gasteiger partial charge on any atom is -0.550 e. The van der Waals surface area contributed by atoms with Gasteiger partial charge in [0.25, 0.3) is 0 Å². The third kappa shape index (κ3) is 15.9. The largest absolute Gasteiger partial charge is 2.00 e. The van der Waals surface area contributed by atoms with Crippen molar-refractivity contribution in [2.75, 3.05) is 0 Å². The average molecular weight is 393 g/mol. The predicted octanol–water partition coefficient (Wildman–Crippen LogP) is 0.670. The summed E-state index contributed by atoms with van der Waals surface area (Å²) < 4.78 is 0. The first-order chi connectivity index (χ1) is 11.0. The Morgan fingerprint density at radius 3 is 1.79 bits per heavy atom. The summed E-state index contributed by atoms with van der Waals surface area (Å²) in [6, 6.07) is -1.26. The molecule has 0 rings (SSSR count). The van der Waals surface area contributed by atoms with E-state index in [-0.39, 0.29) is 38.2 Å². The van der Waals surface area contributed by atoms with Gasteiger partial charge in [0.1, 0.15) is 0 Å². The van der Waals surface area contributed by atoms with Crippen molar-refractivity contribution >= 4 is 17.8 Å². The van der Waals surface area contributed by atoms with Crippen LogP contribution in [0.25, 0.3) is 0 Å². The van der Waals surface area contributed by atoms with Gasteiger partial charge < -0.3 is 25.1 Å². The Morgan fingerprint density at radius 1 is 0.833 bits per heavy atom. The molecule has 0 radical (unpaired) electrons. The zero-order valence-electron chi connectivity index (χ0n) is 14.8. The summed E-state index contributed by atoms with van der Waals surface area (Å²) in [5.74, 6) is -3.18. The van der Waals surface area contributed by atoms with Gasteiger partial charge in [0.05, 0.1) is 12.0 Å². The van der Waals surface area contributed by atoms with Crippen LogP contribution >= 0.6 is 0 Å². The fraction of sp³-hybridized carbons (Fsp3) is 0.824. The van der Waals surface area contributed by atoms with Crippen molar-refractivity contribution in [1.82, 2.24) is 5.32 Å². The van der Waals surface area contributed by atoms with Crippen LogP contribution in [0.3, 0.4) is 0 Å². The van der Waals surface area contributed by atoms with Gasteiger partial charge in [-0.15, -0.1) is 0 Å². The van der Waals surface area contributed by atoms with E-state index in [1.165, 1.54) is 38.5 Å². The van der Waals surface area contributed by atoms with E-state index in [9.17, 15) is 24.6 Å². The summed E-state index contributed by atoms with van der Waals surface area (Å²) in [6.07, 6.45) is 9.82. The molecule has 0 aromatic rings. The number of aliphatic carboxylic acids is 2. The molecule has 0 aliphatic carbocycles. The Morgan fingerprint density at radius 2 is 1.33 bits per heavy atom.